The van der Waals surface area contributed by atoms with Gasteiger partial charge in [-0.05, 0) is 61.1 Å². The van der Waals surface area contributed by atoms with Crippen molar-refractivity contribution in [1.29, 1.82) is 0 Å². The van der Waals surface area contributed by atoms with E-state index >= 15 is 0 Å². The van der Waals surface area contributed by atoms with E-state index < -0.39 is 0 Å². The van der Waals surface area contributed by atoms with E-state index in [2.05, 4.69) is 22.0 Å². The number of carbonyl (C=O) groups excluding carboxylic acids is 2. The summed E-state index contributed by atoms with van der Waals surface area (Å²) in [5, 5.41) is 0.956. The van der Waals surface area contributed by atoms with E-state index in [1.54, 1.807) is 0 Å². The summed E-state index contributed by atoms with van der Waals surface area (Å²) >= 11 is 0. The molecule has 1 spiro atoms. The van der Waals surface area contributed by atoms with Crippen LogP contribution >= 0.6 is 0 Å². The highest BCUT2D eigenvalue weighted by molar-refractivity contribution is 5.98. The number of aromatic nitrogens is 2. The summed E-state index contributed by atoms with van der Waals surface area (Å²) in [6.45, 7) is 3.88. The maximum atomic E-state index is 13.2. The Balaban J connectivity index is 1.24. The molecular formula is C25H28N4O3. The third-order valence-corrected chi connectivity index (χ3v) is 7.12. The molecule has 5 rings (SSSR count). The van der Waals surface area contributed by atoms with Crippen LogP contribution in [0.1, 0.15) is 29.6 Å². The second-order valence-electron chi connectivity index (χ2n) is 8.96. The molecular weight excluding hydrogens is 404 g/mol. The Hall–Kier alpha value is -3.35. The van der Waals surface area contributed by atoms with Crippen molar-refractivity contribution in [2.45, 2.75) is 25.8 Å². The summed E-state index contributed by atoms with van der Waals surface area (Å²) < 4.78 is 6.60. The first-order valence-electron chi connectivity index (χ1n) is 11.2. The molecule has 166 valence electrons. The smallest absolute Gasteiger partial charge is 0.325 e. The SMILES string of the molecule is COC(=O)Cn1ccc2cc(C(=O)N3CCC4(CC3)CCN(c3ccncc3)C4)ccc21. The van der Waals surface area contributed by atoms with Crippen molar-refractivity contribution in [3.05, 3.63) is 60.6 Å². The lowest BCUT2D eigenvalue weighted by atomic mass is 9.77. The fourth-order valence-corrected chi connectivity index (χ4v) is 5.16. The monoisotopic (exact) mass is 432 g/mol. The number of nitrogens with zero attached hydrogens (tertiary/aromatic N) is 4. The van der Waals surface area contributed by atoms with E-state index in [1.807, 2.05) is 52.3 Å². The van der Waals surface area contributed by atoms with Crippen molar-refractivity contribution >= 4 is 28.5 Å². The average Bonchev–Trinajstić information content (AvgIpc) is 3.44. The number of hydrogen-bond donors (Lipinski definition) is 0. The van der Waals surface area contributed by atoms with Crippen molar-refractivity contribution in [2.75, 3.05) is 38.2 Å². The van der Waals surface area contributed by atoms with E-state index in [-0.39, 0.29) is 18.4 Å². The van der Waals surface area contributed by atoms with Crippen LogP contribution in [-0.4, -0.2) is 59.6 Å². The zero-order valence-electron chi connectivity index (χ0n) is 18.4. The number of esters is 1. The molecule has 2 aromatic heterocycles. The first-order chi connectivity index (χ1) is 15.6. The topological polar surface area (TPSA) is 67.7 Å². The van der Waals surface area contributed by atoms with Crippen molar-refractivity contribution in [3.63, 3.8) is 0 Å². The second kappa shape index (κ2) is 8.30. The largest absolute Gasteiger partial charge is 0.468 e. The Morgan fingerprint density at radius 2 is 1.78 bits per heavy atom. The number of piperidine rings is 1. The molecule has 0 N–H and O–H groups in total. The number of fused-ring (bicyclic) bond motifs is 1. The van der Waals surface area contributed by atoms with Gasteiger partial charge in [-0.1, -0.05) is 0 Å². The minimum atomic E-state index is -0.292. The standard InChI is InChI=1S/C25H28N4O3/c1-32-23(30)17-28-12-6-19-16-20(2-3-22(19)28)24(31)27-13-7-25(8-14-27)9-15-29(18-25)21-4-10-26-11-5-21/h2-6,10-12,16H,7-9,13-15,17-18H2,1H3. The van der Waals surface area contributed by atoms with Gasteiger partial charge in [0, 0.05) is 66.9 Å². The Kier molecular flexibility index (Phi) is 5.33. The second-order valence-corrected chi connectivity index (χ2v) is 8.96. The van der Waals surface area contributed by atoms with Crippen LogP contribution in [0.4, 0.5) is 5.69 Å². The summed E-state index contributed by atoms with van der Waals surface area (Å²) in [7, 11) is 1.38. The van der Waals surface area contributed by atoms with Gasteiger partial charge < -0.3 is 19.1 Å². The van der Waals surface area contributed by atoms with Crippen LogP contribution in [0.15, 0.2) is 55.0 Å². The lowest BCUT2D eigenvalue weighted by Gasteiger charge is -2.39. The highest BCUT2D eigenvalue weighted by Crippen LogP contribution is 2.42. The molecule has 4 heterocycles. The molecule has 32 heavy (non-hydrogen) atoms. The molecule has 0 saturated carbocycles. The van der Waals surface area contributed by atoms with E-state index in [1.165, 1.54) is 19.2 Å². The molecule has 2 saturated heterocycles. The molecule has 0 atom stereocenters. The van der Waals surface area contributed by atoms with E-state index in [4.69, 9.17) is 4.74 Å². The minimum absolute atomic E-state index is 0.0893. The third-order valence-electron chi connectivity index (χ3n) is 7.12. The fraction of sp³-hybridized carbons (Fsp3) is 0.400. The summed E-state index contributed by atoms with van der Waals surface area (Å²) in [6, 6.07) is 11.8. The van der Waals surface area contributed by atoms with E-state index in [0.717, 1.165) is 49.9 Å². The van der Waals surface area contributed by atoms with E-state index in [0.29, 0.717) is 11.0 Å². The number of hydrogen-bond acceptors (Lipinski definition) is 5. The van der Waals surface area contributed by atoms with Crippen LogP contribution in [0.5, 0.6) is 0 Å². The summed E-state index contributed by atoms with van der Waals surface area (Å²) in [5.74, 6) is -0.203. The number of likely N-dealkylation sites (tertiary alicyclic amines) is 1. The van der Waals surface area contributed by atoms with Crippen LogP contribution in [-0.2, 0) is 16.1 Å². The highest BCUT2D eigenvalue weighted by Gasteiger charge is 2.41. The number of ether oxygens (including phenoxy) is 1. The van der Waals surface area contributed by atoms with Crippen molar-refractivity contribution in [3.8, 4) is 0 Å². The van der Waals surface area contributed by atoms with Gasteiger partial charge in [0.05, 0.1) is 7.11 Å². The molecule has 7 nitrogen and oxygen atoms in total. The maximum absolute atomic E-state index is 13.2. The number of rotatable bonds is 4. The van der Waals surface area contributed by atoms with Crippen molar-refractivity contribution in [2.24, 2.45) is 5.41 Å². The number of pyridine rings is 1. The predicted molar refractivity (Wildman–Crippen MR) is 123 cm³/mol. The number of methoxy groups -OCH3 is 1. The molecule has 3 aromatic rings. The summed E-state index contributed by atoms with van der Waals surface area (Å²) in [4.78, 5) is 33.4. The third kappa shape index (κ3) is 3.83. The fourth-order valence-electron chi connectivity index (χ4n) is 5.16. The minimum Gasteiger partial charge on any atom is -0.468 e. The number of benzene rings is 1. The van der Waals surface area contributed by atoms with Crippen molar-refractivity contribution < 1.29 is 14.3 Å². The van der Waals surface area contributed by atoms with Crippen LogP contribution in [0.25, 0.3) is 10.9 Å². The molecule has 2 fully saturated rings. The van der Waals surface area contributed by atoms with Crippen LogP contribution in [0, 0.1) is 5.41 Å². The molecule has 0 aliphatic carbocycles. The molecule has 1 aromatic carbocycles. The van der Waals surface area contributed by atoms with E-state index in [9.17, 15) is 9.59 Å². The van der Waals surface area contributed by atoms with Gasteiger partial charge in [0.15, 0.2) is 0 Å². The number of carbonyl (C=O) groups is 2. The molecule has 2 aliphatic rings. The van der Waals surface area contributed by atoms with Crippen molar-refractivity contribution in [1.82, 2.24) is 14.5 Å². The number of anilines is 1. The summed E-state index contributed by atoms with van der Waals surface area (Å²) in [5.41, 5.74) is 3.17. The van der Waals surface area contributed by atoms with Gasteiger partial charge in [-0.15, -0.1) is 0 Å². The van der Waals surface area contributed by atoms with Gasteiger partial charge in [0.2, 0.25) is 0 Å². The normalized spacial score (nSPS) is 17.8. The Bertz CT molecular complexity index is 1130. The first-order valence-corrected chi connectivity index (χ1v) is 11.2. The van der Waals surface area contributed by atoms with Gasteiger partial charge in [-0.3, -0.25) is 14.6 Å². The molecule has 7 heteroatoms. The molecule has 0 radical (unpaired) electrons. The quantitative estimate of drug-likeness (QED) is 0.592. The molecule has 0 bridgehead atoms. The van der Waals surface area contributed by atoms with Gasteiger partial charge in [-0.2, -0.15) is 0 Å². The number of amides is 1. The van der Waals surface area contributed by atoms with Crippen LogP contribution in [0.2, 0.25) is 0 Å². The van der Waals surface area contributed by atoms with Gasteiger partial charge in [0.1, 0.15) is 6.54 Å². The Labute approximate surface area is 187 Å². The maximum Gasteiger partial charge on any atom is 0.325 e. The Morgan fingerprint density at radius 1 is 1.03 bits per heavy atom. The van der Waals surface area contributed by atoms with Crippen LogP contribution in [0.3, 0.4) is 0 Å². The first kappa shape index (κ1) is 20.5. The van der Waals surface area contributed by atoms with Gasteiger partial charge >= 0.3 is 5.97 Å². The van der Waals surface area contributed by atoms with Gasteiger partial charge in [0.25, 0.3) is 5.91 Å². The zero-order chi connectivity index (χ0) is 22.1. The van der Waals surface area contributed by atoms with Gasteiger partial charge in [-0.25, -0.2) is 0 Å². The Morgan fingerprint density at radius 3 is 2.53 bits per heavy atom. The predicted octanol–water partition coefficient (Wildman–Crippen LogP) is 3.34. The lowest BCUT2D eigenvalue weighted by Crippen LogP contribution is -2.44. The zero-order valence-corrected chi connectivity index (χ0v) is 18.4. The highest BCUT2D eigenvalue weighted by atomic mass is 16.5. The molecule has 1 amide bonds. The molecule has 2 aliphatic heterocycles. The molecule has 0 unspecified atom stereocenters. The average molecular weight is 433 g/mol. The van der Waals surface area contributed by atoms with Crippen LogP contribution < -0.4 is 4.90 Å². The summed E-state index contributed by atoms with van der Waals surface area (Å²) in [6.07, 6.45) is 8.81. The lowest BCUT2D eigenvalue weighted by molar-refractivity contribution is -0.141.